The SMILES string of the molecule is COc1ccc(-c2nc(CN3CCN(C(=O)Nc4ccc(F)cc4)CC3)cs2)cc1. The van der Waals surface area contributed by atoms with Gasteiger partial charge in [0.25, 0.3) is 0 Å². The van der Waals surface area contributed by atoms with Gasteiger partial charge in [0.1, 0.15) is 16.6 Å². The van der Waals surface area contributed by atoms with Gasteiger partial charge < -0.3 is 15.0 Å². The number of hydrogen-bond acceptors (Lipinski definition) is 5. The van der Waals surface area contributed by atoms with Crippen molar-refractivity contribution in [1.82, 2.24) is 14.8 Å². The molecular weight excluding hydrogens is 403 g/mol. The second kappa shape index (κ2) is 9.23. The molecule has 0 bridgehead atoms. The predicted octanol–water partition coefficient (Wildman–Crippen LogP) is 4.31. The largest absolute Gasteiger partial charge is 0.497 e. The van der Waals surface area contributed by atoms with Crippen molar-refractivity contribution in [2.75, 3.05) is 38.6 Å². The number of aromatic nitrogens is 1. The van der Waals surface area contributed by atoms with Crippen LogP contribution in [0.4, 0.5) is 14.9 Å². The number of nitrogens with one attached hydrogen (secondary N) is 1. The van der Waals surface area contributed by atoms with E-state index in [0.29, 0.717) is 18.8 Å². The Kier molecular flexibility index (Phi) is 6.25. The summed E-state index contributed by atoms with van der Waals surface area (Å²) in [7, 11) is 1.66. The Bertz CT molecular complexity index is 983. The fourth-order valence-electron chi connectivity index (χ4n) is 3.32. The number of benzene rings is 2. The summed E-state index contributed by atoms with van der Waals surface area (Å²) in [5.74, 6) is 0.510. The molecule has 0 unspecified atom stereocenters. The number of thiazole rings is 1. The predicted molar refractivity (Wildman–Crippen MR) is 116 cm³/mol. The van der Waals surface area contributed by atoms with Crippen LogP contribution in [0.2, 0.25) is 0 Å². The third-order valence-electron chi connectivity index (χ3n) is 5.03. The molecule has 156 valence electrons. The summed E-state index contributed by atoms with van der Waals surface area (Å²) in [5.41, 5.74) is 2.71. The number of carbonyl (C=O) groups excluding carboxylic acids is 1. The molecule has 0 atom stereocenters. The molecule has 0 spiro atoms. The van der Waals surface area contributed by atoms with E-state index < -0.39 is 0 Å². The van der Waals surface area contributed by atoms with E-state index in [1.165, 1.54) is 12.1 Å². The van der Waals surface area contributed by atoms with E-state index in [2.05, 4.69) is 15.6 Å². The van der Waals surface area contributed by atoms with Gasteiger partial charge in [0.2, 0.25) is 0 Å². The van der Waals surface area contributed by atoms with Gasteiger partial charge in [-0.05, 0) is 48.5 Å². The molecule has 1 saturated heterocycles. The molecule has 1 N–H and O–H groups in total. The van der Waals surface area contributed by atoms with Gasteiger partial charge in [-0.1, -0.05) is 0 Å². The maximum atomic E-state index is 13.0. The van der Waals surface area contributed by atoms with Crippen molar-refractivity contribution in [3.05, 3.63) is 65.4 Å². The van der Waals surface area contributed by atoms with E-state index in [1.807, 2.05) is 24.3 Å². The first-order valence-corrected chi connectivity index (χ1v) is 10.6. The third-order valence-corrected chi connectivity index (χ3v) is 5.97. The summed E-state index contributed by atoms with van der Waals surface area (Å²) < 4.78 is 18.2. The molecular formula is C22H23FN4O2S. The average molecular weight is 427 g/mol. The average Bonchev–Trinajstić information content (AvgIpc) is 3.24. The minimum absolute atomic E-state index is 0.156. The zero-order valence-electron chi connectivity index (χ0n) is 16.7. The van der Waals surface area contributed by atoms with Crippen molar-refractivity contribution in [2.24, 2.45) is 0 Å². The van der Waals surface area contributed by atoms with Crippen molar-refractivity contribution >= 4 is 23.1 Å². The number of piperazine rings is 1. The van der Waals surface area contributed by atoms with E-state index in [4.69, 9.17) is 9.72 Å². The van der Waals surface area contributed by atoms with E-state index in [1.54, 1.807) is 35.5 Å². The van der Waals surface area contributed by atoms with Gasteiger partial charge in [0, 0.05) is 49.4 Å². The second-order valence-electron chi connectivity index (χ2n) is 7.07. The van der Waals surface area contributed by atoms with Crippen LogP contribution in [-0.2, 0) is 6.54 Å². The van der Waals surface area contributed by atoms with Crippen molar-refractivity contribution in [2.45, 2.75) is 6.54 Å². The molecule has 0 saturated carbocycles. The number of anilines is 1. The number of hydrogen-bond donors (Lipinski definition) is 1. The molecule has 30 heavy (non-hydrogen) atoms. The number of methoxy groups -OCH3 is 1. The monoisotopic (exact) mass is 426 g/mol. The van der Waals surface area contributed by atoms with E-state index in [0.717, 1.165) is 41.6 Å². The normalized spacial score (nSPS) is 14.5. The lowest BCUT2D eigenvalue weighted by Crippen LogP contribution is -2.49. The number of amides is 2. The molecule has 8 heteroatoms. The highest BCUT2D eigenvalue weighted by Crippen LogP contribution is 2.26. The molecule has 0 radical (unpaired) electrons. The molecule has 2 aromatic carbocycles. The van der Waals surface area contributed by atoms with Crippen LogP contribution in [-0.4, -0.2) is 54.1 Å². The molecule has 1 aliphatic heterocycles. The van der Waals surface area contributed by atoms with E-state index in [-0.39, 0.29) is 11.8 Å². The quantitative estimate of drug-likeness (QED) is 0.661. The number of nitrogens with zero attached hydrogens (tertiary/aromatic N) is 3. The number of halogens is 1. The van der Waals surface area contributed by atoms with Gasteiger partial charge in [0.15, 0.2) is 0 Å². The highest BCUT2D eigenvalue weighted by molar-refractivity contribution is 7.13. The molecule has 2 heterocycles. The maximum absolute atomic E-state index is 13.0. The van der Waals surface area contributed by atoms with Crippen LogP contribution in [0.1, 0.15) is 5.69 Å². The van der Waals surface area contributed by atoms with Gasteiger partial charge >= 0.3 is 6.03 Å². The summed E-state index contributed by atoms with van der Waals surface area (Å²) in [6.45, 7) is 3.61. The standard InChI is InChI=1S/C22H23FN4O2S/c1-29-20-8-2-16(3-9-20)21-24-19(15-30-21)14-26-10-12-27(13-11-26)22(28)25-18-6-4-17(23)5-7-18/h2-9,15H,10-14H2,1H3,(H,25,28). The Labute approximate surface area is 178 Å². The first-order valence-electron chi connectivity index (χ1n) is 9.73. The Balaban J connectivity index is 1.28. The number of carbonyl (C=O) groups is 1. The van der Waals surface area contributed by atoms with Crippen LogP contribution in [0.5, 0.6) is 5.75 Å². The number of ether oxygens (including phenoxy) is 1. The lowest BCUT2D eigenvalue weighted by molar-refractivity contribution is 0.142. The molecule has 4 rings (SSSR count). The summed E-state index contributed by atoms with van der Waals surface area (Å²) >= 11 is 1.63. The maximum Gasteiger partial charge on any atom is 0.321 e. The van der Waals surface area contributed by atoms with Crippen molar-refractivity contribution in [3.63, 3.8) is 0 Å². The van der Waals surface area contributed by atoms with Crippen LogP contribution in [0.3, 0.4) is 0 Å². The minimum Gasteiger partial charge on any atom is -0.497 e. The number of urea groups is 1. The molecule has 0 aliphatic carbocycles. The van der Waals surface area contributed by atoms with Crippen molar-refractivity contribution < 1.29 is 13.9 Å². The van der Waals surface area contributed by atoms with Crippen LogP contribution in [0, 0.1) is 5.82 Å². The van der Waals surface area contributed by atoms with Gasteiger partial charge in [0.05, 0.1) is 12.8 Å². The molecule has 1 fully saturated rings. The van der Waals surface area contributed by atoms with Gasteiger partial charge in [-0.2, -0.15) is 0 Å². The van der Waals surface area contributed by atoms with Gasteiger partial charge in [-0.15, -0.1) is 11.3 Å². The lowest BCUT2D eigenvalue weighted by Gasteiger charge is -2.34. The van der Waals surface area contributed by atoms with Crippen molar-refractivity contribution in [3.8, 4) is 16.3 Å². The fourth-order valence-corrected chi connectivity index (χ4v) is 4.14. The van der Waals surface area contributed by atoms with E-state index >= 15 is 0 Å². The molecule has 6 nitrogen and oxygen atoms in total. The van der Waals surface area contributed by atoms with Crippen LogP contribution < -0.4 is 10.1 Å². The summed E-state index contributed by atoms with van der Waals surface area (Å²) in [5, 5.41) is 5.90. The lowest BCUT2D eigenvalue weighted by atomic mass is 10.2. The molecule has 2 amide bonds. The Morgan fingerprint density at radius 2 is 1.80 bits per heavy atom. The highest BCUT2D eigenvalue weighted by atomic mass is 32.1. The molecule has 3 aromatic rings. The smallest absolute Gasteiger partial charge is 0.321 e. The Morgan fingerprint density at radius 3 is 2.47 bits per heavy atom. The van der Waals surface area contributed by atoms with Gasteiger partial charge in [-0.25, -0.2) is 14.2 Å². The molecule has 1 aliphatic rings. The summed E-state index contributed by atoms with van der Waals surface area (Å²) in [4.78, 5) is 21.2. The highest BCUT2D eigenvalue weighted by Gasteiger charge is 2.22. The second-order valence-corrected chi connectivity index (χ2v) is 7.93. The third kappa shape index (κ3) is 4.95. The molecule has 1 aromatic heterocycles. The summed E-state index contributed by atoms with van der Waals surface area (Å²) in [6, 6.07) is 13.5. The van der Waals surface area contributed by atoms with Crippen molar-refractivity contribution in [1.29, 1.82) is 0 Å². The van der Waals surface area contributed by atoms with Gasteiger partial charge in [-0.3, -0.25) is 4.90 Å². The topological polar surface area (TPSA) is 57.7 Å². The first-order chi connectivity index (χ1) is 14.6. The van der Waals surface area contributed by atoms with Crippen LogP contribution >= 0.6 is 11.3 Å². The fraction of sp³-hybridized carbons (Fsp3) is 0.273. The number of rotatable bonds is 5. The van der Waals surface area contributed by atoms with Crippen LogP contribution in [0.15, 0.2) is 53.9 Å². The minimum atomic E-state index is -0.321. The Morgan fingerprint density at radius 1 is 1.10 bits per heavy atom. The van der Waals surface area contributed by atoms with E-state index in [9.17, 15) is 9.18 Å². The summed E-state index contributed by atoms with van der Waals surface area (Å²) in [6.07, 6.45) is 0. The Hall–Kier alpha value is -2.97. The zero-order chi connectivity index (χ0) is 20.9. The zero-order valence-corrected chi connectivity index (χ0v) is 17.5. The van der Waals surface area contributed by atoms with Crippen LogP contribution in [0.25, 0.3) is 10.6 Å². The first kappa shape index (κ1) is 20.3.